The van der Waals surface area contributed by atoms with Crippen molar-refractivity contribution in [2.45, 2.75) is 25.7 Å². The summed E-state index contributed by atoms with van der Waals surface area (Å²) in [4.78, 5) is 18.8. The van der Waals surface area contributed by atoms with Crippen molar-refractivity contribution in [1.29, 1.82) is 0 Å². The summed E-state index contributed by atoms with van der Waals surface area (Å²) in [7, 11) is 0. The van der Waals surface area contributed by atoms with E-state index in [1.165, 1.54) is 17.8 Å². The molecule has 0 atom stereocenters. The van der Waals surface area contributed by atoms with Crippen molar-refractivity contribution >= 4 is 34.4 Å². The highest BCUT2D eigenvalue weighted by Crippen LogP contribution is 2.27. The number of amidine groups is 1. The van der Waals surface area contributed by atoms with E-state index in [4.69, 9.17) is 16.3 Å². The van der Waals surface area contributed by atoms with Crippen molar-refractivity contribution in [2.24, 2.45) is 4.99 Å². The minimum Gasteiger partial charge on any atom is -0.491 e. The number of carbonyl (C=O) groups excluding carboxylic acids is 1. The van der Waals surface area contributed by atoms with Gasteiger partial charge in [0.2, 0.25) is 0 Å². The minimum atomic E-state index is -0.354. The summed E-state index contributed by atoms with van der Waals surface area (Å²) in [6, 6.07) is 11.7. The van der Waals surface area contributed by atoms with Gasteiger partial charge in [-0.3, -0.25) is 14.7 Å². The van der Waals surface area contributed by atoms with Crippen molar-refractivity contribution in [3.05, 3.63) is 64.4 Å². The molecule has 0 fully saturated rings. The van der Waals surface area contributed by atoms with Gasteiger partial charge in [-0.15, -0.1) is 0 Å². The van der Waals surface area contributed by atoms with E-state index in [0.717, 1.165) is 5.75 Å². The highest BCUT2D eigenvalue weighted by atomic mass is 35.5. The first-order valence-corrected chi connectivity index (χ1v) is 10.0. The van der Waals surface area contributed by atoms with Gasteiger partial charge in [0, 0.05) is 28.4 Å². The molecule has 1 aliphatic rings. The van der Waals surface area contributed by atoms with Crippen molar-refractivity contribution in [2.75, 3.05) is 13.1 Å². The van der Waals surface area contributed by atoms with E-state index in [1.807, 2.05) is 13.8 Å². The summed E-state index contributed by atoms with van der Waals surface area (Å²) in [6.07, 6.45) is 0.0745. The van der Waals surface area contributed by atoms with Crippen molar-refractivity contribution in [1.82, 2.24) is 4.90 Å². The fourth-order valence-electron chi connectivity index (χ4n) is 2.65. The number of benzene rings is 2. The molecule has 2 aromatic rings. The van der Waals surface area contributed by atoms with Crippen molar-refractivity contribution in [3.8, 4) is 5.75 Å². The van der Waals surface area contributed by atoms with Crippen LogP contribution in [0.2, 0.25) is 5.02 Å². The Balaban J connectivity index is 1.67. The largest absolute Gasteiger partial charge is 0.491 e. The topological polar surface area (TPSA) is 41.9 Å². The molecule has 7 heteroatoms. The molecule has 0 unspecified atom stereocenters. The molecule has 0 radical (unpaired) electrons. The van der Waals surface area contributed by atoms with E-state index in [2.05, 4.69) is 4.99 Å². The molecule has 3 rings (SSSR count). The monoisotopic (exact) mass is 406 g/mol. The zero-order chi connectivity index (χ0) is 19.4. The van der Waals surface area contributed by atoms with Gasteiger partial charge < -0.3 is 4.74 Å². The van der Waals surface area contributed by atoms with Crippen LogP contribution in [0.3, 0.4) is 0 Å². The third-order valence-corrected chi connectivity index (χ3v) is 5.32. The van der Waals surface area contributed by atoms with Gasteiger partial charge >= 0.3 is 0 Å². The second kappa shape index (κ2) is 8.76. The second-order valence-corrected chi connectivity index (χ2v) is 7.65. The molecule has 0 saturated carbocycles. The van der Waals surface area contributed by atoms with Crippen LogP contribution in [-0.2, 0) is 5.75 Å². The molecule has 0 aromatic heterocycles. The Labute approximate surface area is 167 Å². The molecule has 0 saturated heterocycles. The highest BCUT2D eigenvalue weighted by Gasteiger charge is 2.25. The third-order valence-electron chi connectivity index (χ3n) is 3.93. The van der Waals surface area contributed by atoms with Crippen LogP contribution in [-0.4, -0.2) is 35.2 Å². The van der Waals surface area contributed by atoms with Gasteiger partial charge in [0.05, 0.1) is 12.6 Å². The van der Waals surface area contributed by atoms with Crippen LogP contribution in [0.5, 0.6) is 5.75 Å². The SMILES string of the molecule is CC(C)Oc1ccc(C(=O)N2CCN=C2SCc2c(F)cccc2Cl)cc1. The lowest BCUT2D eigenvalue weighted by Crippen LogP contribution is -2.32. The molecule has 142 valence electrons. The summed E-state index contributed by atoms with van der Waals surface area (Å²) in [5, 5.41) is 0.960. The van der Waals surface area contributed by atoms with E-state index in [0.29, 0.717) is 40.2 Å². The van der Waals surface area contributed by atoms with Gasteiger partial charge in [-0.25, -0.2) is 4.39 Å². The quantitative estimate of drug-likeness (QED) is 0.700. The third kappa shape index (κ3) is 4.82. The molecule has 0 bridgehead atoms. The molecule has 0 aliphatic carbocycles. The van der Waals surface area contributed by atoms with E-state index in [-0.39, 0.29) is 17.8 Å². The second-order valence-electron chi connectivity index (χ2n) is 6.30. The summed E-state index contributed by atoms with van der Waals surface area (Å²) in [5.74, 6) is 0.553. The molecule has 1 aliphatic heterocycles. The van der Waals surface area contributed by atoms with Crippen LogP contribution in [0, 0.1) is 5.82 Å². The maximum Gasteiger partial charge on any atom is 0.259 e. The van der Waals surface area contributed by atoms with E-state index in [9.17, 15) is 9.18 Å². The molecular formula is C20H20ClFN2O2S. The number of ether oxygens (including phenoxy) is 1. The van der Waals surface area contributed by atoms with Gasteiger partial charge in [0.1, 0.15) is 11.6 Å². The molecule has 27 heavy (non-hydrogen) atoms. The van der Waals surface area contributed by atoms with Gasteiger partial charge in [0.25, 0.3) is 5.91 Å². The van der Waals surface area contributed by atoms with Crippen molar-refractivity contribution in [3.63, 3.8) is 0 Å². The Hall–Kier alpha value is -2.05. The van der Waals surface area contributed by atoms with Crippen LogP contribution in [0.4, 0.5) is 4.39 Å². The first-order valence-electron chi connectivity index (χ1n) is 8.64. The van der Waals surface area contributed by atoms with Gasteiger partial charge in [0.15, 0.2) is 5.17 Å². The number of amides is 1. The number of hydrogen-bond donors (Lipinski definition) is 0. The first-order chi connectivity index (χ1) is 13.0. The average molecular weight is 407 g/mol. The fraction of sp³-hybridized carbons (Fsp3) is 0.300. The Bertz CT molecular complexity index is 835. The van der Waals surface area contributed by atoms with Gasteiger partial charge in [-0.05, 0) is 50.2 Å². The standard InChI is InChI=1S/C20H20ClFN2O2S/c1-13(2)26-15-8-6-14(7-9-15)19(25)24-11-10-23-20(24)27-12-16-17(21)4-3-5-18(16)22/h3-9,13H,10-12H2,1-2H3. The summed E-state index contributed by atoms with van der Waals surface area (Å²) < 4.78 is 19.5. The van der Waals surface area contributed by atoms with E-state index in [1.54, 1.807) is 41.3 Å². The van der Waals surface area contributed by atoms with Crippen LogP contribution >= 0.6 is 23.4 Å². The zero-order valence-corrected chi connectivity index (χ0v) is 16.7. The predicted octanol–water partition coefficient (Wildman–Crippen LogP) is 5.01. The lowest BCUT2D eigenvalue weighted by atomic mass is 10.2. The maximum absolute atomic E-state index is 13.9. The molecule has 1 heterocycles. The van der Waals surface area contributed by atoms with Crippen LogP contribution < -0.4 is 4.74 Å². The zero-order valence-electron chi connectivity index (χ0n) is 15.1. The normalized spacial score (nSPS) is 13.8. The Morgan fingerprint density at radius 2 is 2.04 bits per heavy atom. The smallest absolute Gasteiger partial charge is 0.259 e. The highest BCUT2D eigenvalue weighted by molar-refractivity contribution is 8.13. The molecule has 1 amide bonds. The average Bonchev–Trinajstić information content (AvgIpc) is 3.09. The number of aliphatic imine (C=N–C) groups is 1. The Kier molecular flexibility index (Phi) is 6.39. The molecule has 0 spiro atoms. The number of rotatable bonds is 5. The lowest BCUT2D eigenvalue weighted by molar-refractivity contribution is 0.0860. The number of hydrogen-bond acceptors (Lipinski definition) is 4. The van der Waals surface area contributed by atoms with Gasteiger partial charge in [-0.2, -0.15) is 0 Å². The summed E-state index contributed by atoms with van der Waals surface area (Å²) in [5.41, 5.74) is 0.978. The Morgan fingerprint density at radius 3 is 2.70 bits per heavy atom. The minimum absolute atomic E-state index is 0.0745. The lowest BCUT2D eigenvalue weighted by Gasteiger charge is -2.18. The fourth-order valence-corrected chi connectivity index (χ4v) is 4.04. The molecule has 0 N–H and O–H groups in total. The van der Waals surface area contributed by atoms with Crippen molar-refractivity contribution < 1.29 is 13.9 Å². The summed E-state index contributed by atoms with van der Waals surface area (Å²) >= 11 is 7.39. The Morgan fingerprint density at radius 1 is 1.30 bits per heavy atom. The van der Waals surface area contributed by atoms with E-state index >= 15 is 0 Å². The number of carbonyl (C=O) groups is 1. The van der Waals surface area contributed by atoms with Crippen LogP contribution in [0.1, 0.15) is 29.8 Å². The number of thioether (sulfide) groups is 1. The number of halogens is 2. The van der Waals surface area contributed by atoms with Crippen LogP contribution in [0.15, 0.2) is 47.5 Å². The van der Waals surface area contributed by atoms with Crippen LogP contribution in [0.25, 0.3) is 0 Å². The summed E-state index contributed by atoms with van der Waals surface area (Å²) in [6.45, 7) is 4.94. The molecule has 4 nitrogen and oxygen atoms in total. The molecular weight excluding hydrogens is 387 g/mol. The van der Waals surface area contributed by atoms with Gasteiger partial charge in [-0.1, -0.05) is 29.4 Å². The molecule has 2 aromatic carbocycles. The predicted molar refractivity (Wildman–Crippen MR) is 108 cm³/mol. The number of nitrogens with zero attached hydrogens (tertiary/aromatic N) is 2. The van der Waals surface area contributed by atoms with E-state index < -0.39 is 0 Å². The maximum atomic E-state index is 13.9. The first kappa shape index (κ1) is 19.7.